The van der Waals surface area contributed by atoms with Gasteiger partial charge < -0.3 is 5.73 Å². The van der Waals surface area contributed by atoms with Gasteiger partial charge in [0.15, 0.2) is 0 Å². The van der Waals surface area contributed by atoms with E-state index in [1.54, 1.807) is 32.0 Å². The molecule has 108 valence electrons. The third kappa shape index (κ3) is 3.32. The van der Waals surface area contributed by atoms with Crippen LogP contribution in [-0.4, -0.2) is 8.42 Å². The minimum absolute atomic E-state index is 0.237. The fourth-order valence-corrected chi connectivity index (χ4v) is 4.48. The highest BCUT2D eigenvalue weighted by Crippen LogP contribution is 2.28. The Balaban J connectivity index is 2.27. The Hall–Kier alpha value is -1.08. The number of hydrogen-bond acceptors (Lipinski definition) is 4. The normalized spacial score (nSPS) is 13.3. The third-order valence-corrected chi connectivity index (χ3v) is 5.96. The molecule has 4 nitrogen and oxygen atoms in total. The van der Waals surface area contributed by atoms with Crippen LogP contribution in [0.3, 0.4) is 0 Å². The van der Waals surface area contributed by atoms with Gasteiger partial charge >= 0.3 is 0 Å². The summed E-state index contributed by atoms with van der Waals surface area (Å²) in [7, 11) is -3.59. The van der Waals surface area contributed by atoms with Gasteiger partial charge in [-0.2, -0.15) is 0 Å². The summed E-state index contributed by atoms with van der Waals surface area (Å²) in [5, 5.41) is 0. The highest BCUT2D eigenvalue weighted by Gasteiger charge is 2.21. The van der Waals surface area contributed by atoms with Gasteiger partial charge in [-0.1, -0.05) is 11.6 Å². The van der Waals surface area contributed by atoms with Crippen molar-refractivity contribution < 1.29 is 8.42 Å². The maximum absolute atomic E-state index is 12.4. The van der Waals surface area contributed by atoms with Crippen LogP contribution in [0.4, 0.5) is 5.69 Å². The topological polar surface area (TPSA) is 72.2 Å². The Kier molecular flexibility index (Phi) is 4.39. The second-order valence-corrected chi connectivity index (χ2v) is 7.94. The van der Waals surface area contributed by atoms with Gasteiger partial charge in [0, 0.05) is 10.6 Å². The first-order valence-electron chi connectivity index (χ1n) is 5.93. The SMILES string of the molecule is Cc1cc(N)ccc1S(=O)(=O)NC(C)c1ccc(Cl)s1. The largest absolute Gasteiger partial charge is 0.399 e. The summed E-state index contributed by atoms with van der Waals surface area (Å²) in [6.45, 7) is 3.50. The molecule has 0 aliphatic heterocycles. The Morgan fingerprint density at radius 1 is 1.30 bits per heavy atom. The van der Waals surface area contributed by atoms with Crippen LogP contribution in [0.5, 0.6) is 0 Å². The molecule has 7 heteroatoms. The second kappa shape index (κ2) is 5.73. The Morgan fingerprint density at radius 2 is 2.00 bits per heavy atom. The fraction of sp³-hybridized carbons (Fsp3) is 0.231. The number of rotatable bonds is 4. The predicted octanol–water partition coefficient (Wildman–Crippen LogP) is 3.33. The van der Waals surface area contributed by atoms with Gasteiger partial charge in [0.05, 0.1) is 15.3 Å². The van der Waals surface area contributed by atoms with Gasteiger partial charge in [-0.25, -0.2) is 13.1 Å². The second-order valence-electron chi connectivity index (χ2n) is 4.51. The Labute approximate surface area is 127 Å². The molecule has 20 heavy (non-hydrogen) atoms. The molecule has 2 rings (SSSR count). The molecule has 0 saturated carbocycles. The van der Waals surface area contributed by atoms with E-state index in [0.29, 0.717) is 15.6 Å². The van der Waals surface area contributed by atoms with Gasteiger partial charge in [0.25, 0.3) is 0 Å². The molecular formula is C13H15ClN2O2S2. The number of nitrogen functional groups attached to an aromatic ring is 1. The molecule has 1 unspecified atom stereocenters. The summed E-state index contributed by atoms with van der Waals surface area (Å²) >= 11 is 7.22. The van der Waals surface area contributed by atoms with Crippen LogP contribution in [0, 0.1) is 6.92 Å². The van der Waals surface area contributed by atoms with Crippen molar-refractivity contribution in [3.63, 3.8) is 0 Å². The minimum atomic E-state index is -3.59. The highest BCUT2D eigenvalue weighted by molar-refractivity contribution is 7.89. The number of hydrogen-bond donors (Lipinski definition) is 2. The molecule has 1 aromatic heterocycles. The van der Waals surface area contributed by atoms with Crippen LogP contribution in [0.1, 0.15) is 23.4 Å². The molecular weight excluding hydrogens is 316 g/mol. The number of nitrogens with one attached hydrogen (secondary N) is 1. The molecule has 0 radical (unpaired) electrons. The summed E-state index contributed by atoms with van der Waals surface area (Å²) in [5.41, 5.74) is 6.80. The van der Waals surface area contributed by atoms with E-state index in [4.69, 9.17) is 17.3 Å². The summed E-state index contributed by atoms with van der Waals surface area (Å²) in [5.74, 6) is 0. The lowest BCUT2D eigenvalue weighted by Gasteiger charge is -2.14. The van der Waals surface area contributed by atoms with Crippen LogP contribution in [-0.2, 0) is 10.0 Å². The standard InChI is InChI=1S/C13H15ClN2O2S2/c1-8-7-10(15)3-5-12(8)20(17,18)16-9(2)11-4-6-13(14)19-11/h3-7,9,16H,15H2,1-2H3. The van der Waals surface area contributed by atoms with E-state index in [1.165, 1.54) is 17.4 Å². The average Bonchev–Trinajstić information content (AvgIpc) is 2.74. The zero-order chi connectivity index (χ0) is 14.9. The van der Waals surface area contributed by atoms with Crippen molar-refractivity contribution in [2.75, 3.05) is 5.73 Å². The molecule has 0 aliphatic rings. The molecule has 0 amide bonds. The first-order chi connectivity index (χ1) is 9.29. The summed E-state index contributed by atoms with van der Waals surface area (Å²) < 4.78 is 28.0. The first-order valence-corrected chi connectivity index (χ1v) is 8.61. The van der Waals surface area contributed by atoms with Crippen molar-refractivity contribution in [2.24, 2.45) is 0 Å². The van der Waals surface area contributed by atoms with Crippen molar-refractivity contribution in [3.05, 3.63) is 45.1 Å². The molecule has 0 fully saturated rings. The fourth-order valence-electron chi connectivity index (χ4n) is 1.89. The lowest BCUT2D eigenvalue weighted by molar-refractivity contribution is 0.568. The maximum Gasteiger partial charge on any atom is 0.241 e. The molecule has 1 heterocycles. The maximum atomic E-state index is 12.4. The summed E-state index contributed by atoms with van der Waals surface area (Å²) in [6, 6.07) is 7.96. The zero-order valence-electron chi connectivity index (χ0n) is 11.1. The number of thiophene rings is 1. The van der Waals surface area contributed by atoms with Gasteiger partial charge in [-0.05, 0) is 49.7 Å². The molecule has 1 aromatic carbocycles. The van der Waals surface area contributed by atoms with Crippen LogP contribution >= 0.6 is 22.9 Å². The van der Waals surface area contributed by atoms with Crippen molar-refractivity contribution in [1.29, 1.82) is 0 Å². The Morgan fingerprint density at radius 3 is 2.55 bits per heavy atom. The number of sulfonamides is 1. The van der Waals surface area contributed by atoms with Crippen LogP contribution in [0.2, 0.25) is 4.34 Å². The molecule has 2 aromatic rings. The summed E-state index contributed by atoms with van der Waals surface area (Å²) in [6.07, 6.45) is 0. The zero-order valence-corrected chi connectivity index (χ0v) is 13.4. The van der Waals surface area contributed by atoms with E-state index >= 15 is 0 Å². The predicted molar refractivity (Wildman–Crippen MR) is 83.7 cm³/mol. The monoisotopic (exact) mass is 330 g/mol. The lowest BCUT2D eigenvalue weighted by atomic mass is 10.2. The third-order valence-electron chi connectivity index (χ3n) is 2.84. The first kappa shape index (κ1) is 15.3. The van der Waals surface area contributed by atoms with E-state index in [-0.39, 0.29) is 10.9 Å². The molecule has 3 N–H and O–H groups in total. The number of benzene rings is 1. The van der Waals surface area contributed by atoms with E-state index in [0.717, 1.165) is 4.88 Å². The molecule has 1 atom stereocenters. The van der Waals surface area contributed by atoms with Gasteiger partial charge in [-0.3, -0.25) is 0 Å². The number of halogens is 1. The number of anilines is 1. The van der Waals surface area contributed by atoms with Gasteiger partial charge in [0.2, 0.25) is 10.0 Å². The van der Waals surface area contributed by atoms with Gasteiger partial charge in [-0.15, -0.1) is 11.3 Å². The number of aryl methyl sites for hydroxylation is 1. The van der Waals surface area contributed by atoms with Crippen molar-refractivity contribution in [3.8, 4) is 0 Å². The van der Waals surface area contributed by atoms with Crippen molar-refractivity contribution in [1.82, 2.24) is 4.72 Å². The van der Waals surface area contributed by atoms with E-state index in [1.807, 2.05) is 6.07 Å². The lowest BCUT2D eigenvalue weighted by Crippen LogP contribution is -2.27. The molecule has 0 bridgehead atoms. The van der Waals surface area contributed by atoms with Crippen LogP contribution in [0.25, 0.3) is 0 Å². The molecule has 0 aliphatic carbocycles. The van der Waals surface area contributed by atoms with Gasteiger partial charge in [0.1, 0.15) is 0 Å². The van der Waals surface area contributed by atoms with E-state index in [2.05, 4.69) is 4.72 Å². The molecule has 0 saturated heterocycles. The van der Waals surface area contributed by atoms with E-state index < -0.39 is 10.0 Å². The average molecular weight is 331 g/mol. The quantitative estimate of drug-likeness (QED) is 0.844. The van der Waals surface area contributed by atoms with Crippen molar-refractivity contribution in [2.45, 2.75) is 24.8 Å². The minimum Gasteiger partial charge on any atom is -0.399 e. The Bertz CT molecular complexity index is 726. The van der Waals surface area contributed by atoms with Crippen LogP contribution < -0.4 is 10.5 Å². The highest BCUT2D eigenvalue weighted by atomic mass is 35.5. The number of nitrogens with two attached hydrogens (primary N) is 1. The van der Waals surface area contributed by atoms with Crippen molar-refractivity contribution >= 4 is 38.6 Å². The van der Waals surface area contributed by atoms with Crippen LogP contribution in [0.15, 0.2) is 35.2 Å². The smallest absolute Gasteiger partial charge is 0.241 e. The summed E-state index contributed by atoms with van der Waals surface area (Å²) in [4.78, 5) is 1.10. The van der Waals surface area contributed by atoms with E-state index in [9.17, 15) is 8.42 Å². The molecule has 0 spiro atoms.